The van der Waals surface area contributed by atoms with Gasteiger partial charge < -0.3 is 14.8 Å². The molecule has 0 unspecified atom stereocenters. The zero-order valence-corrected chi connectivity index (χ0v) is 15.1. The van der Waals surface area contributed by atoms with Crippen molar-refractivity contribution in [3.8, 4) is 11.5 Å². The van der Waals surface area contributed by atoms with Crippen molar-refractivity contribution in [2.45, 2.75) is 11.8 Å². The minimum Gasteiger partial charge on any atom is -0.493 e. The van der Waals surface area contributed by atoms with Crippen LogP contribution in [0.3, 0.4) is 0 Å². The molecule has 130 valence electrons. The summed E-state index contributed by atoms with van der Waals surface area (Å²) in [5.74, 6) is 1.07. The molecule has 2 rings (SSSR count). The van der Waals surface area contributed by atoms with E-state index in [1.54, 1.807) is 25.3 Å². The van der Waals surface area contributed by atoms with Crippen molar-refractivity contribution in [1.82, 2.24) is 0 Å². The second-order valence-electron chi connectivity index (χ2n) is 5.16. The zero-order chi connectivity index (χ0) is 18.1. The lowest BCUT2D eigenvalue weighted by Crippen LogP contribution is -2.07. The summed E-state index contributed by atoms with van der Waals surface area (Å²) in [4.78, 5) is 12.8. The van der Waals surface area contributed by atoms with E-state index in [-0.39, 0.29) is 5.91 Å². The maximum atomic E-state index is 12.0. The minimum atomic E-state index is -0.209. The van der Waals surface area contributed by atoms with Crippen molar-refractivity contribution < 1.29 is 14.3 Å². The van der Waals surface area contributed by atoms with Crippen LogP contribution in [0.2, 0.25) is 0 Å². The van der Waals surface area contributed by atoms with Gasteiger partial charge >= 0.3 is 0 Å². The van der Waals surface area contributed by atoms with Gasteiger partial charge in [0.2, 0.25) is 5.91 Å². The van der Waals surface area contributed by atoms with Gasteiger partial charge in [-0.05, 0) is 55.0 Å². The van der Waals surface area contributed by atoms with Crippen LogP contribution in [0.4, 0.5) is 5.69 Å². The number of anilines is 1. The van der Waals surface area contributed by atoms with E-state index < -0.39 is 0 Å². The summed E-state index contributed by atoms with van der Waals surface area (Å²) in [5.41, 5.74) is 1.56. The molecule has 0 fully saturated rings. The van der Waals surface area contributed by atoms with Gasteiger partial charge in [-0.1, -0.05) is 18.2 Å². The third kappa shape index (κ3) is 6.04. The van der Waals surface area contributed by atoms with Crippen LogP contribution in [0.5, 0.6) is 11.5 Å². The molecular weight excluding hydrogens is 334 g/mol. The van der Waals surface area contributed by atoms with Crippen molar-refractivity contribution in [2.24, 2.45) is 0 Å². The van der Waals surface area contributed by atoms with Gasteiger partial charge in [-0.25, -0.2) is 0 Å². The smallest absolute Gasteiger partial charge is 0.248 e. The maximum Gasteiger partial charge on any atom is 0.248 e. The predicted octanol–water partition coefficient (Wildman–Crippen LogP) is 4.59. The lowest BCUT2D eigenvalue weighted by Gasteiger charge is -2.09. The Hall–Kier alpha value is -2.66. The molecule has 0 aliphatic carbocycles. The van der Waals surface area contributed by atoms with E-state index in [1.165, 1.54) is 6.08 Å². The van der Waals surface area contributed by atoms with Gasteiger partial charge in [0, 0.05) is 16.7 Å². The summed E-state index contributed by atoms with van der Waals surface area (Å²) in [7, 11) is 1.59. The second kappa shape index (κ2) is 9.59. The van der Waals surface area contributed by atoms with Crippen LogP contribution in [0, 0.1) is 0 Å². The molecule has 2 aromatic carbocycles. The Kier molecular flexibility index (Phi) is 7.16. The lowest BCUT2D eigenvalue weighted by molar-refractivity contribution is -0.111. The number of allylic oxidation sites excluding steroid dienone is 1. The van der Waals surface area contributed by atoms with Crippen molar-refractivity contribution in [1.29, 1.82) is 0 Å². The number of carbonyl (C=O) groups excluding carboxylic acids is 1. The van der Waals surface area contributed by atoms with Crippen LogP contribution < -0.4 is 14.8 Å². The van der Waals surface area contributed by atoms with Crippen molar-refractivity contribution in [2.75, 3.05) is 19.0 Å². The van der Waals surface area contributed by atoms with Crippen LogP contribution in [-0.2, 0) is 4.79 Å². The summed E-state index contributed by atoms with van der Waals surface area (Å²) in [6, 6.07) is 12.8. The summed E-state index contributed by atoms with van der Waals surface area (Å²) in [6.45, 7) is 2.42. The molecule has 0 atom stereocenters. The van der Waals surface area contributed by atoms with Gasteiger partial charge in [-0.15, -0.1) is 12.6 Å². The van der Waals surface area contributed by atoms with Gasteiger partial charge in [0.15, 0.2) is 11.5 Å². The number of hydrogen-bond donors (Lipinski definition) is 2. The van der Waals surface area contributed by atoms with Crippen LogP contribution >= 0.6 is 12.6 Å². The first-order valence-corrected chi connectivity index (χ1v) is 8.27. The minimum absolute atomic E-state index is 0.209. The first kappa shape index (κ1) is 18.7. The van der Waals surface area contributed by atoms with Crippen LogP contribution in [0.1, 0.15) is 12.5 Å². The number of hydrogen-bond acceptors (Lipinski definition) is 4. The number of rotatable bonds is 7. The fourth-order valence-corrected chi connectivity index (χ4v) is 2.19. The molecule has 0 aliphatic heterocycles. The molecule has 0 saturated heterocycles. The average Bonchev–Trinajstić information content (AvgIpc) is 2.62. The molecule has 1 N–H and O–H groups in total. The molecule has 0 heterocycles. The SMILES string of the molecule is C/C=C/COc1ccc(/C=C/C(=O)Nc2ccc(S)cc2)cc1OC. The molecule has 0 aliphatic rings. The van der Waals surface area contributed by atoms with Gasteiger partial charge in [-0.2, -0.15) is 0 Å². The molecule has 1 amide bonds. The third-order valence-electron chi connectivity index (χ3n) is 3.32. The Balaban J connectivity index is 2.01. The maximum absolute atomic E-state index is 12.0. The summed E-state index contributed by atoms with van der Waals surface area (Å²) in [5, 5.41) is 2.79. The monoisotopic (exact) mass is 355 g/mol. The van der Waals surface area contributed by atoms with E-state index in [0.717, 1.165) is 16.1 Å². The fourth-order valence-electron chi connectivity index (χ4n) is 2.04. The first-order chi connectivity index (χ1) is 12.1. The van der Waals surface area contributed by atoms with Crippen LogP contribution in [-0.4, -0.2) is 19.6 Å². The van der Waals surface area contributed by atoms with E-state index in [4.69, 9.17) is 9.47 Å². The van der Waals surface area contributed by atoms with Gasteiger partial charge in [0.1, 0.15) is 6.61 Å². The molecule has 2 aromatic rings. The van der Waals surface area contributed by atoms with E-state index in [1.807, 2.05) is 49.4 Å². The Morgan fingerprint density at radius 1 is 1.16 bits per heavy atom. The average molecular weight is 355 g/mol. The Labute approximate surface area is 153 Å². The number of nitrogens with one attached hydrogen (secondary N) is 1. The molecule has 0 saturated carbocycles. The van der Waals surface area contributed by atoms with Crippen molar-refractivity contribution in [3.05, 3.63) is 66.3 Å². The molecule has 5 heteroatoms. The normalized spacial score (nSPS) is 11.0. The summed E-state index contributed by atoms with van der Waals surface area (Å²) >= 11 is 4.21. The standard InChI is InChI=1S/C20H21NO3S/c1-3-4-13-24-18-11-5-15(14-19(18)23-2)6-12-20(22)21-16-7-9-17(25)10-8-16/h3-12,14,25H,13H2,1-2H3,(H,21,22)/b4-3+,12-6+. The highest BCUT2D eigenvalue weighted by Crippen LogP contribution is 2.28. The highest BCUT2D eigenvalue weighted by molar-refractivity contribution is 7.80. The molecular formula is C20H21NO3S. The predicted molar refractivity (Wildman–Crippen MR) is 105 cm³/mol. The number of carbonyl (C=O) groups is 1. The summed E-state index contributed by atoms with van der Waals surface area (Å²) < 4.78 is 11.0. The van der Waals surface area contributed by atoms with Gasteiger partial charge in [0.05, 0.1) is 7.11 Å². The Bertz CT molecular complexity index is 767. The Morgan fingerprint density at radius 2 is 1.92 bits per heavy atom. The molecule has 25 heavy (non-hydrogen) atoms. The molecule has 0 spiro atoms. The fraction of sp³-hybridized carbons (Fsp3) is 0.150. The van der Waals surface area contributed by atoms with Crippen LogP contribution in [0.25, 0.3) is 6.08 Å². The number of amides is 1. The van der Waals surface area contributed by atoms with Crippen molar-refractivity contribution >= 4 is 30.3 Å². The largest absolute Gasteiger partial charge is 0.493 e. The second-order valence-corrected chi connectivity index (χ2v) is 5.68. The molecule has 0 aromatic heterocycles. The van der Waals surface area contributed by atoms with E-state index in [0.29, 0.717) is 18.1 Å². The number of ether oxygens (including phenoxy) is 2. The quantitative estimate of drug-likeness (QED) is 0.434. The molecule has 0 radical (unpaired) electrons. The molecule has 4 nitrogen and oxygen atoms in total. The number of benzene rings is 2. The number of methoxy groups -OCH3 is 1. The highest BCUT2D eigenvalue weighted by Gasteiger charge is 2.04. The van der Waals surface area contributed by atoms with Gasteiger partial charge in [0.25, 0.3) is 0 Å². The number of thiol groups is 1. The zero-order valence-electron chi connectivity index (χ0n) is 14.2. The highest BCUT2D eigenvalue weighted by atomic mass is 32.1. The van der Waals surface area contributed by atoms with Crippen LogP contribution in [0.15, 0.2) is 65.6 Å². The first-order valence-electron chi connectivity index (χ1n) is 7.82. The Morgan fingerprint density at radius 3 is 2.60 bits per heavy atom. The summed E-state index contributed by atoms with van der Waals surface area (Å²) in [6.07, 6.45) is 7.04. The lowest BCUT2D eigenvalue weighted by atomic mass is 10.2. The van der Waals surface area contributed by atoms with E-state index in [2.05, 4.69) is 17.9 Å². The topological polar surface area (TPSA) is 47.6 Å². The van der Waals surface area contributed by atoms with E-state index in [9.17, 15) is 4.79 Å². The third-order valence-corrected chi connectivity index (χ3v) is 3.62. The molecule has 0 bridgehead atoms. The van der Waals surface area contributed by atoms with Gasteiger partial charge in [-0.3, -0.25) is 4.79 Å². The van der Waals surface area contributed by atoms with Crippen molar-refractivity contribution in [3.63, 3.8) is 0 Å². The van der Waals surface area contributed by atoms with E-state index >= 15 is 0 Å².